The molecule has 0 saturated carbocycles. The van der Waals surface area contributed by atoms with Crippen molar-refractivity contribution in [2.24, 2.45) is 0 Å². The molecule has 2 N–H and O–H groups in total. The van der Waals surface area contributed by atoms with Gasteiger partial charge in [-0.2, -0.15) is 0 Å². The van der Waals surface area contributed by atoms with E-state index >= 15 is 0 Å². The molecule has 0 fully saturated rings. The highest BCUT2D eigenvalue weighted by atomic mass is 32.2. The van der Waals surface area contributed by atoms with E-state index in [1.165, 1.54) is 19.2 Å². The van der Waals surface area contributed by atoms with Crippen molar-refractivity contribution in [3.63, 3.8) is 0 Å². The Morgan fingerprint density at radius 3 is 2.35 bits per heavy atom. The highest BCUT2D eigenvalue weighted by Gasteiger charge is 2.15. The summed E-state index contributed by atoms with van der Waals surface area (Å²) in [6.45, 7) is 3.88. The summed E-state index contributed by atoms with van der Waals surface area (Å²) < 4.78 is 32.3. The van der Waals surface area contributed by atoms with Gasteiger partial charge in [-0.25, -0.2) is 13.1 Å². The predicted molar refractivity (Wildman–Crippen MR) is 101 cm³/mol. The van der Waals surface area contributed by atoms with E-state index in [0.717, 1.165) is 22.0 Å². The number of benzene rings is 2. The summed E-state index contributed by atoms with van der Waals surface area (Å²) in [5, 5.41) is 0.867. The van der Waals surface area contributed by atoms with Crippen LogP contribution in [0.3, 0.4) is 0 Å². The third-order valence-corrected chi connectivity index (χ3v) is 5.77. The molecule has 3 aromatic rings. The van der Waals surface area contributed by atoms with Gasteiger partial charge in [0, 0.05) is 17.6 Å². The van der Waals surface area contributed by atoms with E-state index in [1.54, 1.807) is 18.2 Å². The van der Waals surface area contributed by atoms with Crippen molar-refractivity contribution in [1.82, 2.24) is 9.71 Å². The van der Waals surface area contributed by atoms with Crippen molar-refractivity contribution in [2.45, 2.75) is 25.3 Å². The minimum Gasteiger partial charge on any atom is -0.497 e. The van der Waals surface area contributed by atoms with Crippen LogP contribution in [-0.2, 0) is 16.6 Å². The molecule has 0 aliphatic rings. The van der Waals surface area contributed by atoms with E-state index in [9.17, 15) is 13.2 Å². The lowest BCUT2D eigenvalue weighted by Crippen LogP contribution is -2.27. The van der Waals surface area contributed by atoms with Crippen molar-refractivity contribution in [1.29, 1.82) is 0 Å². The smallest absolute Gasteiger partial charge is 0.252 e. The lowest BCUT2D eigenvalue weighted by atomic mass is 10.1. The molecular formula is C19H20N2O4S. The summed E-state index contributed by atoms with van der Waals surface area (Å²) in [6, 6.07) is 11.7. The van der Waals surface area contributed by atoms with E-state index in [4.69, 9.17) is 4.74 Å². The number of H-pyrrole nitrogens is 1. The first-order chi connectivity index (χ1) is 12.3. The van der Waals surface area contributed by atoms with Crippen LogP contribution in [-0.4, -0.2) is 20.5 Å². The summed E-state index contributed by atoms with van der Waals surface area (Å²) in [4.78, 5) is 15.2. The zero-order valence-corrected chi connectivity index (χ0v) is 15.6. The number of ether oxygens (including phenoxy) is 1. The van der Waals surface area contributed by atoms with Gasteiger partial charge in [0.15, 0.2) is 0 Å². The van der Waals surface area contributed by atoms with Crippen LogP contribution in [0.1, 0.15) is 16.7 Å². The third kappa shape index (κ3) is 3.63. The molecule has 3 rings (SSSR count). The number of aryl methyl sites for hydroxylation is 2. The minimum absolute atomic E-state index is 0.0907. The number of fused-ring (bicyclic) bond motifs is 1. The summed E-state index contributed by atoms with van der Waals surface area (Å²) in [6.07, 6.45) is 0. The molecule has 0 aliphatic heterocycles. The molecule has 6 nitrogen and oxygen atoms in total. The van der Waals surface area contributed by atoms with Gasteiger partial charge >= 0.3 is 0 Å². The second-order valence-corrected chi connectivity index (χ2v) is 7.91. The Labute approximate surface area is 151 Å². The zero-order valence-electron chi connectivity index (χ0n) is 14.8. The number of sulfonamides is 1. The van der Waals surface area contributed by atoms with Crippen LogP contribution >= 0.6 is 0 Å². The summed E-state index contributed by atoms with van der Waals surface area (Å²) in [5.74, 6) is 0.570. The molecule has 1 aromatic heterocycles. The number of aromatic amines is 1. The topological polar surface area (TPSA) is 88.3 Å². The number of hydrogen-bond donors (Lipinski definition) is 2. The van der Waals surface area contributed by atoms with Gasteiger partial charge in [0.1, 0.15) is 5.75 Å². The maximum absolute atomic E-state index is 12.4. The van der Waals surface area contributed by atoms with Gasteiger partial charge in [-0.1, -0.05) is 0 Å². The normalized spacial score (nSPS) is 11.7. The Hall–Kier alpha value is -2.64. The molecule has 136 valence electrons. The average molecular weight is 372 g/mol. The molecule has 0 aliphatic carbocycles. The number of hydrogen-bond acceptors (Lipinski definition) is 4. The molecule has 26 heavy (non-hydrogen) atoms. The monoisotopic (exact) mass is 372 g/mol. The minimum atomic E-state index is -3.73. The summed E-state index contributed by atoms with van der Waals surface area (Å²) in [7, 11) is -2.22. The van der Waals surface area contributed by atoms with Crippen molar-refractivity contribution >= 4 is 20.9 Å². The molecule has 0 atom stereocenters. The van der Waals surface area contributed by atoms with Crippen LogP contribution in [0.5, 0.6) is 5.75 Å². The molecule has 0 bridgehead atoms. The Morgan fingerprint density at radius 1 is 1.04 bits per heavy atom. The molecular weight excluding hydrogens is 352 g/mol. The van der Waals surface area contributed by atoms with E-state index in [0.29, 0.717) is 11.3 Å². The first kappa shape index (κ1) is 18.2. The van der Waals surface area contributed by atoms with E-state index < -0.39 is 10.0 Å². The Kier molecular flexibility index (Phi) is 4.84. The SMILES string of the molecule is COc1ccc(S(=O)(=O)NCc2cc3cc(C)c(C)cc3[nH]c2=O)cc1. The van der Waals surface area contributed by atoms with Crippen LogP contribution in [0.2, 0.25) is 0 Å². The first-order valence-electron chi connectivity index (χ1n) is 8.07. The van der Waals surface area contributed by atoms with Crippen LogP contribution in [0.15, 0.2) is 52.2 Å². The van der Waals surface area contributed by atoms with Gasteiger partial charge in [-0.05, 0) is 72.8 Å². The average Bonchev–Trinajstić information content (AvgIpc) is 2.61. The van der Waals surface area contributed by atoms with Gasteiger partial charge in [0.25, 0.3) is 5.56 Å². The van der Waals surface area contributed by atoms with Crippen LogP contribution in [0.25, 0.3) is 10.9 Å². The lowest BCUT2D eigenvalue weighted by molar-refractivity contribution is 0.414. The second kappa shape index (κ2) is 6.93. The maximum atomic E-state index is 12.4. The van der Waals surface area contributed by atoms with Crippen LogP contribution < -0.4 is 15.0 Å². The molecule has 0 unspecified atom stereocenters. The maximum Gasteiger partial charge on any atom is 0.252 e. The standard InChI is InChI=1S/C19H20N2O4S/c1-12-8-14-10-15(19(22)21-18(14)9-13(12)2)11-20-26(23,24)17-6-4-16(25-3)5-7-17/h4-10,20H,11H2,1-3H3,(H,21,22). The molecule has 0 spiro atoms. The third-order valence-electron chi connectivity index (χ3n) is 4.36. The molecule has 1 heterocycles. The van der Waals surface area contributed by atoms with Crippen molar-refractivity contribution < 1.29 is 13.2 Å². The largest absolute Gasteiger partial charge is 0.497 e. The quantitative estimate of drug-likeness (QED) is 0.721. The van der Waals surface area contributed by atoms with Gasteiger partial charge in [0.2, 0.25) is 10.0 Å². The highest BCUT2D eigenvalue weighted by molar-refractivity contribution is 7.89. The van der Waals surface area contributed by atoms with Crippen molar-refractivity contribution in [3.8, 4) is 5.75 Å². The molecule has 7 heteroatoms. The Balaban J connectivity index is 1.87. The van der Waals surface area contributed by atoms with E-state index in [2.05, 4.69) is 9.71 Å². The number of rotatable bonds is 5. The van der Waals surface area contributed by atoms with Gasteiger partial charge < -0.3 is 9.72 Å². The second-order valence-electron chi connectivity index (χ2n) is 6.15. The fourth-order valence-corrected chi connectivity index (χ4v) is 3.67. The molecule has 0 amide bonds. The number of pyridine rings is 1. The summed E-state index contributed by atoms with van der Waals surface area (Å²) in [5.41, 5.74) is 2.98. The van der Waals surface area contributed by atoms with Crippen molar-refractivity contribution in [2.75, 3.05) is 7.11 Å². The van der Waals surface area contributed by atoms with Crippen LogP contribution in [0.4, 0.5) is 0 Å². The molecule has 2 aromatic carbocycles. The molecule has 0 radical (unpaired) electrons. The van der Waals surface area contributed by atoms with E-state index in [1.807, 2.05) is 26.0 Å². The first-order valence-corrected chi connectivity index (χ1v) is 9.55. The van der Waals surface area contributed by atoms with Crippen molar-refractivity contribution in [3.05, 3.63) is 69.5 Å². The van der Waals surface area contributed by atoms with E-state index in [-0.39, 0.29) is 17.0 Å². The number of methoxy groups -OCH3 is 1. The lowest BCUT2D eigenvalue weighted by Gasteiger charge is -2.09. The Bertz CT molecular complexity index is 1120. The fraction of sp³-hybridized carbons (Fsp3) is 0.211. The van der Waals surface area contributed by atoms with Gasteiger partial charge in [0.05, 0.1) is 12.0 Å². The summed E-state index contributed by atoms with van der Waals surface area (Å²) >= 11 is 0. The Morgan fingerprint density at radius 2 is 1.69 bits per heavy atom. The van der Waals surface area contributed by atoms with Gasteiger partial charge in [-0.3, -0.25) is 4.79 Å². The predicted octanol–water partition coefficient (Wildman–Crippen LogP) is 2.63. The zero-order chi connectivity index (χ0) is 18.9. The number of nitrogens with one attached hydrogen (secondary N) is 2. The van der Waals surface area contributed by atoms with Gasteiger partial charge in [-0.15, -0.1) is 0 Å². The van der Waals surface area contributed by atoms with Crippen LogP contribution in [0, 0.1) is 13.8 Å². The molecule has 0 saturated heterocycles. The number of aromatic nitrogens is 1. The highest BCUT2D eigenvalue weighted by Crippen LogP contribution is 2.18. The fourth-order valence-electron chi connectivity index (χ4n) is 2.66.